The number of carboxylic acid groups (broad SMARTS) is 1. The maximum absolute atomic E-state index is 11.0. The summed E-state index contributed by atoms with van der Waals surface area (Å²) in [6, 6.07) is 0. The number of esters is 2. The second-order valence-corrected chi connectivity index (χ2v) is 8.94. The van der Waals surface area contributed by atoms with Gasteiger partial charge in [0.25, 0.3) is 0 Å². The number of hydrogen-bond acceptors (Lipinski definition) is 7. The second-order valence-electron chi connectivity index (χ2n) is 8.94. The van der Waals surface area contributed by atoms with Crippen LogP contribution in [0.5, 0.6) is 0 Å². The van der Waals surface area contributed by atoms with Crippen LogP contribution in [0, 0.1) is 29.6 Å². The van der Waals surface area contributed by atoms with Crippen LogP contribution < -0.4 is 0 Å². The quantitative estimate of drug-likeness (QED) is 0.415. The number of Topliss-reactive ketones (excluding diaryl/α,β-unsaturated/α-hetero) is 1. The SMILES string of the molecule is C.C.C.CCOC(=O)C(=O)OCC.CC[C@@H]1[C@@H]2CCC(=O)[C@H]12.CC[C@@H]1[C@@H]2Cc3c(C(=O)O)n[nH]c3[C@H]12. The normalized spacial score (nSPS) is 26.8. The number of fused-ring (bicyclic) bond motifs is 4. The van der Waals surface area contributed by atoms with Gasteiger partial charge in [0.15, 0.2) is 5.69 Å². The largest absolute Gasteiger partial charge is 0.476 e. The predicted octanol–water partition coefficient (Wildman–Crippen LogP) is 5.05. The lowest BCUT2D eigenvalue weighted by Gasteiger charge is -1.99. The Hall–Kier alpha value is -2.71. The minimum absolute atomic E-state index is 0. The number of rotatable bonds is 5. The Balaban J connectivity index is 0.000000505. The van der Waals surface area contributed by atoms with E-state index in [1.165, 1.54) is 19.3 Å². The van der Waals surface area contributed by atoms with E-state index in [9.17, 15) is 19.2 Å². The van der Waals surface area contributed by atoms with Gasteiger partial charge in [0, 0.05) is 29.5 Å². The number of aromatic carboxylic acids is 1. The standard InChI is InChI=1S/C10H12N2O2.C8H12O.C6H10O4.3CH4/c1-2-4-5-3-6-8(7(4)5)11-12-9(6)10(13)14;1-2-5-6-3-4-7(9)8(5)6;1-3-9-5(7)6(8)10-4-2;;;/h4-5,7H,2-3H2,1H3,(H,11,12)(H,13,14);5-6,8H,2-4H2,1H3;3-4H2,1-2H3;3*1H4/t4-,5+,7-;5-,6+,8-;;;;/m11..../s1. The van der Waals surface area contributed by atoms with Crippen molar-refractivity contribution < 1.29 is 33.8 Å². The van der Waals surface area contributed by atoms with E-state index < -0.39 is 17.9 Å². The van der Waals surface area contributed by atoms with Crippen molar-refractivity contribution in [2.24, 2.45) is 29.6 Å². The molecule has 0 aromatic carbocycles. The van der Waals surface area contributed by atoms with Crippen LogP contribution in [0.15, 0.2) is 0 Å². The van der Waals surface area contributed by atoms with Gasteiger partial charge in [0.1, 0.15) is 5.78 Å². The molecule has 2 N–H and O–H groups in total. The van der Waals surface area contributed by atoms with E-state index in [4.69, 9.17) is 5.11 Å². The first-order valence-electron chi connectivity index (χ1n) is 12.0. The van der Waals surface area contributed by atoms with Crippen molar-refractivity contribution in [2.75, 3.05) is 13.2 Å². The summed E-state index contributed by atoms with van der Waals surface area (Å²) in [5.74, 6) is 1.98. The van der Waals surface area contributed by atoms with E-state index in [0.29, 0.717) is 23.5 Å². The molecular weight excluding hydrogens is 464 g/mol. The number of hydrogen-bond donors (Lipinski definition) is 2. The van der Waals surface area contributed by atoms with Crippen molar-refractivity contribution in [1.29, 1.82) is 0 Å². The molecule has 9 nitrogen and oxygen atoms in total. The molecule has 1 heterocycles. The Morgan fingerprint density at radius 2 is 1.44 bits per heavy atom. The Bertz CT molecular complexity index is 890. The number of carboxylic acids is 1. The fourth-order valence-corrected chi connectivity index (χ4v) is 5.71. The third-order valence-electron chi connectivity index (χ3n) is 7.29. The number of nitrogens with one attached hydrogen (secondary N) is 1. The highest BCUT2D eigenvalue weighted by Gasteiger charge is 2.57. The van der Waals surface area contributed by atoms with Crippen molar-refractivity contribution in [2.45, 2.75) is 88.0 Å². The molecule has 0 unspecified atom stereocenters. The van der Waals surface area contributed by atoms with Crippen LogP contribution >= 0.6 is 0 Å². The molecule has 5 rings (SSSR count). The van der Waals surface area contributed by atoms with Gasteiger partial charge in [-0.1, -0.05) is 49.0 Å². The smallest absolute Gasteiger partial charge is 0.417 e. The zero-order chi connectivity index (χ0) is 24.3. The number of carbonyl (C=O) groups excluding carboxylic acids is 3. The molecule has 1 aromatic rings. The summed E-state index contributed by atoms with van der Waals surface area (Å²) in [5, 5.41) is 15.6. The van der Waals surface area contributed by atoms with Gasteiger partial charge >= 0.3 is 17.9 Å². The molecule has 4 aliphatic rings. The molecule has 3 saturated carbocycles. The first kappa shape index (κ1) is 33.3. The lowest BCUT2D eigenvalue weighted by atomic mass is 10.1. The number of aromatic amines is 1. The lowest BCUT2D eigenvalue weighted by Crippen LogP contribution is -2.19. The van der Waals surface area contributed by atoms with Gasteiger partial charge in [-0.3, -0.25) is 9.89 Å². The fraction of sp³-hybridized carbons (Fsp3) is 0.741. The predicted molar refractivity (Wildman–Crippen MR) is 138 cm³/mol. The summed E-state index contributed by atoms with van der Waals surface area (Å²) in [6.07, 6.45) is 5.40. The number of ketones is 1. The first-order valence-corrected chi connectivity index (χ1v) is 12.0. The lowest BCUT2D eigenvalue weighted by molar-refractivity contribution is -0.167. The summed E-state index contributed by atoms with van der Waals surface area (Å²) in [6.45, 7) is 8.01. The minimum Gasteiger partial charge on any atom is -0.476 e. The molecule has 1 aromatic heterocycles. The molecule has 206 valence electrons. The monoisotopic (exact) mass is 510 g/mol. The third-order valence-corrected chi connectivity index (χ3v) is 7.29. The number of H-pyrrole nitrogens is 1. The molecule has 0 aliphatic heterocycles. The Kier molecular flexibility index (Phi) is 13.1. The summed E-state index contributed by atoms with van der Waals surface area (Å²) < 4.78 is 8.69. The summed E-state index contributed by atoms with van der Waals surface area (Å²) in [4.78, 5) is 42.7. The fourth-order valence-electron chi connectivity index (χ4n) is 5.71. The second kappa shape index (κ2) is 14.1. The molecule has 0 bridgehead atoms. The van der Waals surface area contributed by atoms with E-state index in [2.05, 4.69) is 33.5 Å². The first-order chi connectivity index (χ1) is 15.8. The van der Waals surface area contributed by atoms with E-state index in [1.54, 1.807) is 13.8 Å². The van der Waals surface area contributed by atoms with Crippen molar-refractivity contribution in [3.8, 4) is 0 Å². The van der Waals surface area contributed by atoms with E-state index >= 15 is 0 Å². The number of carbonyl (C=O) groups is 4. The van der Waals surface area contributed by atoms with Crippen molar-refractivity contribution in [1.82, 2.24) is 10.2 Å². The van der Waals surface area contributed by atoms with Gasteiger partial charge in [-0.05, 0) is 50.4 Å². The molecule has 4 aliphatic carbocycles. The molecule has 0 spiro atoms. The number of nitrogens with zero attached hydrogens (tertiary/aromatic N) is 1. The van der Waals surface area contributed by atoms with Gasteiger partial charge in [0.2, 0.25) is 0 Å². The average Bonchev–Trinajstić information content (AvgIpc) is 3.47. The van der Waals surface area contributed by atoms with Crippen LogP contribution in [0.25, 0.3) is 0 Å². The van der Waals surface area contributed by atoms with E-state index in [-0.39, 0.29) is 41.2 Å². The zero-order valence-corrected chi connectivity index (χ0v) is 19.8. The van der Waals surface area contributed by atoms with Gasteiger partial charge in [0.05, 0.1) is 13.2 Å². The molecule has 6 atom stereocenters. The molecular formula is C27H46N2O7. The number of aromatic nitrogens is 2. The number of ether oxygens (including phenoxy) is 2. The Labute approximate surface area is 215 Å². The van der Waals surface area contributed by atoms with E-state index in [0.717, 1.165) is 41.9 Å². The zero-order valence-electron chi connectivity index (χ0n) is 19.8. The highest BCUT2D eigenvalue weighted by atomic mass is 16.6. The summed E-state index contributed by atoms with van der Waals surface area (Å²) >= 11 is 0. The maximum Gasteiger partial charge on any atom is 0.417 e. The Morgan fingerprint density at radius 3 is 1.83 bits per heavy atom. The molecule has 0 radical (unpaired) electrons. The van der Waals surface area contributed by atoms with E-state index in [1.807, 2.05) is 0 Å². The average molecular weight is 511 g/mol. The minimum atomic E-state index is -0.927. The van der Waals surface area contributed by atoms with Gasteiger partial charge in [-0.25, -0.2) is 14.4 Å². The van der Waals surface area contributed by atoms with Crippen LogP contribution in [-0.4, -0.2) is 52.2 Å². The molecule has 3 fully saturated rings. The molecule has 0 saturated heterocycles. The van der Waals surface area contributed by atoms with Crippen molar-refractivity contribution in [3.63, 3.8) is 0 Å². The van der Waals surface area contributed by atoms with Gasteiger partial charge < -0.3 is 14.6 Å². The third kappa shape index (κ3) is 6.73. The van der Waals surface area contributed by atoms with Crippen LogP contribution in [0.3, 0.4) is 0 Å². The van der Waals surface area contributed by atoms with Crippen molar-refractivity contribution >= 4 is 23.7 Å². The topological polar surface area (TPSA) is 136 Å². The summed E-state index contributed by atoms with van der Waals surface area (Å²) in [5.41, 5.74) is 2.29. The molecule has 36 heavy (non-hydrogen) atoms. The van der Waals surface area contributed by atoms with Crippen LogP contribution in [-0.2, 0) is 30.3 Å². The van der Waals surface area contributed by atoms with Crippen molar-refractivity contribution in [3.05, 3.63) is 17.0 Å². The Morgan fingerprint density at radius 1 is 0.917 bits per heavy atom. The van der Waals surface area contributed by atoms with Crippen LogP contribution in [0.1, 0.15) is 103 Å². The molecule has 9 heteroatoms. The highest BCUT2D eigenvalue weighted by Crippen LogP contribution is 2.62. The molecule has 0 amide bonds. The van der Waals surface area contributed by atoms with Gasteiger partial charge in [-0.15, -0.1) is 0 Å². The van der Waals surface area contributed by atoms with Crippen LogP contribution in [0.4, 0.5) is 0 Å². The maximum atomic E-state index is 11.0. The summed E-state index contributed by atoms with van der Waals surface area (Å²) in [7, 11) is 0. The highest BCUT2D eigenvalue weighted by molar-refractivity contribution is 6.29. The van der Waals surface area contributed by atoms with Gasteiger partial charge in [-0.2, -0.15) is 5.10 Å². The van der Waals surface area contributed by atoms with Crippen LogP contribution in [0.2, 0.25) is 0 Å².